The summed E-state index contributed by atoms with van der Waals surface area (Å²) in [6.07, 6.45) is 0. The number of aryl methyl sites for hydroxylation is 1. The van der Waals surface area contributed by atoms with Crippen molar-refractivity contribution < 1.29 is 12.8 Å². The van der Waals surface area contributed by atoms with Crippen LogP contribution in [-0.4, -0.2) is 13.4 Å². The molecule has 2 aromatic carbocycles. The van der Waals surface area contributed by atoms with E-state index in [-0.39, 0.29) is 15.6 Å². The van der Waals surface area contributed by atoms with Crippen LogP contribution in [0.5, 0.6) is 0 Å². The SMILES string of the molecule is Cc1ccc(C(N)=S)cc1S(=O)(=O)Nc1ccccc1F. The van der Waals surface area contributed by atoms with Crippen LogP contribution < -0.4 is 10.5 Å². The van der Waals surface area contributed by atoms with Gasteiger partial charge in [0.2, 0.25) is 0 Å². The Bertz CT molecular complexity index is 804. The molecule has 0 aliphatic carbocycles. The standard InChI is InChI=1S/C14H13FN2O2S2/c1-9-6-7-10(14(16)20)8-13(9)21(18,19)17-12-5-3-2-4-11(12)15/h2-8,17H,1H3,(H2,16,20). The molecule has 7 heteroatoms. The Morgan fingerprint density at radius 3 is 2.52 bits per heavy atom. The molecule has 0 saturated carbocycles. The monoisotopic (exact) mass is 324 g/mol. The van der Waals surface area contributed by atoms with Gasteiger partial charge in [-0.05, 0) is 30.7 Å². The van der Waals surface area contributed by atoms with E-state index in [4.69, 9.17) is 18.0 Å². The highest BCUT2D eigenvalue weighted by Crippen LogP contribution is 2.22. The average Bonchev–Trinajstić information content (AvgIpc) is 2.41. The van der Waals surface area contributed by atoms with Crippen molar-refractivity contribution in [1.82, 2.24) is 0 Å². The Labute approximate surface area is 127 Å². The largest absolute Gasteiger partial charge is 0.389 e. The maximum absolute atomic E-state index is 13.6. The third-order valence-corrected chi connectivity index (χ3v) is 4.62. The van der Waals surface area contributed by atoms with Gasteiger partial charge in [-0.1, -0.05) is 36.5 Å². The number of halogens is 1. The van der Waals surface area contributed by atoms with Crippen LogP contribution in [0.25, 0.3) is 0 Å². The molecule has 3 N–H and O–H groups in total. The van der Waals surface area contributed by atoms with Crippen molar-refractivity contribution in [2.24, 2.45) is 5.73 Å². The van der Waals surface area contributed by atoms with E-state index in [0.717, 1.165) is 0 Å². The first-order valence-corrected chi connectivity index (χ1v) is 7.88. The highest BCUT2D eigenvalue weighted by atomic mass is 32.2. The summed E-state index contributed by atoms with van der Waals surface area (Å²) in [7, 11) is -3.93. The van der Waals surface area contributed by atoms with E-state index in [9.17, 15) is 12.8 Å². The van der Waals surface area contributed by atoms with Gasteiger partial charge in [0.15, 0.2) is 0 Å². The lowest BCUT2D eigenvalue weighted by molar-refractivity contribution is 0.598. The zero-order valence-electron chi connectivity index (χ0n) is 11.1. The highest BCUT2D eigenvalue weighted by Gasteiger charge is 2.19. The number of sulfonamides is 1. The molecule has 0 unspecified atom stereocenters. The van der Waals surface area contributed by atoms with Gasteiger partial charge in [-0.3, -0.25) is 4.72 Å². The van der Waals surface area contributed by atoms with Crippen LogP contribution in [0.15, 0.2) is 47.4 Å². The first-order valence-electron chi connectivity index (χ1n) is 5.99. The third-order valence-electron chi connectivity index (χ3n) is 2.88. The fraction of sp³-hybridized carbons (Fsp3) is 0.0714. The molecule has 2 aromatic rings. The molecule has 0 heterocycles. The van der Waals surface area contributed by atoms with E-state index < -0.39 is 15.8 Å². The maximum atomic E-state index is 13.6. The highest BCUT2D eigenvalue weighted by molar-refractivity contribution is 7.92. The Morgan fingerprint density at radius 2 is 1.90 bits per heavy atom. The summed E-state index contributed by atoms with van der Waals surface area (Å²) in [6, 6.07) is 10.2. The molecule has 0 radical (unpaired) electrons. The molecule has 21 heavy (non-hydrogen) atoms. The van der Waals surface area contributed by atoms with E-state index in [0.29, 0.717) is 11.1 Å². The predicted octanol–water partition coefficient (Wildman–Crippen LogP) is 2.57. The van der Waals surface area contributed by atoms with Gasteiger partial charge in [0.1, 0.15) is 10.8 Å². The minimum absolute atomic E-state index is 0.0102. The molecular formula is C14H13FN2O2S2. The van der Waals surface area contributed by atoms with E-state index in [1.807, 2.05) is 0 Å². The van der Waals surface area contributed by atoms with Crippen molar-refractivity contribution in [2.75, 3.05) is 4.72 Å². The number of hydrogen-bond acceptors (Lipinski definition) is 3. The molecule has 0 amide bonds. The van der Waals surface area contributed by atoms with E-state index in [1.165, 1.54) is 24.3 Å². The van der Waals surface area contributed by atoms with Gasteiger partial charge in [0.05, 0.1) is 10.6 Å². The van der Waals surface area contributed by atoms with Crippen molar-refractivity contribution in [3.8, 4) is 0 Å². The smallest absolute Gasteiger partial charge is 0.262 e. The van der Waals surface area contributed by atoms with Crippen molar-refractivity contribution in [3.05, 3.63) is 59.4 Å². The van der Waals surface area contributed by atoms with E-state index >= 15 is 0 Å². The molecule has 0 bridgehead atoms. The molecule has 110 valence electrons. The van der Waals surface area contributed by atoms with Gasteiger partial charge >= 0.3 is 0 Å². The Hall–Kier alpha value is -1.99. The number of nitrogens with two attached hydrogens (primary N) is 1. The van der Waals surface area contributed by atoms with Gasteiger partial charge < -0.3 is 5.73 Å². The first kappa shape index (κ1) is 15.4. The van der Waals surface area contributed by atoms with Crippen molar-refractivity contribution in [2.45, 2.75) is 11.8 Å². The van der Waals surface area contributed by atoms with Gasteiger partial charge in [-0.15, -0.1) is 0 Å². The van der Waals surface area contributed by atoms with Gasteiger partial charge in [-0.25, -0.2) is 12.8 Å². The van der Waals surface area contributed by atoms with E-state index in [1.54, 1.807) is 25.1 Å². The molecule has 0 aromatic heterocycles. The minimum atomic E-state index is -3.93. The fourth-order valence-corrected chi connectivity index (χ4v) is 3.25. The average molecular weight is 324 g/mol. The second-order valence-electron chi connectivity index (χ2n) is 4.43. The van der Waals surface area contributed by atoms with Crippen LogP contribution in [0.3, 0.4) is 0 Å². The summed E-state index contributed by atoms with van der Waals surface area (Å²) in [5.74, 6) is -0.649. The Balaban J connectivity index is 2.47. The summed E-state index contributed by atoms with van der Waals surface area (Å²) in [5.41, 5.74) is 6.34. The zero-order chi connectivity index (χ0) is 15.6. The molecule has 4 nitrogen and oxygen atoms in total. The molecule has 0 atom stereocenters. The number of anilines is 1. The van der Waals surface area contributed by atoms with Crippen LogP contribution >= 0.6 is 12.2 Å². The normalized spacial score (nSPS) is 11.1. The Kier molecular flexibility index (Phi) is 4.24. The van der Waals surface area contributed by atoms with Crippen LogP contribution in [0, 0.1) is 12.7 Å². The second-order valence-corrected chi connectivity index (χ2v) is 6.52. The van der Waals surface area contributed by atoms with Crippen LogP contribution in [0.4, 0.5) is 10.1 Å². The van der Waals surface area contributed by atoms with Crippen LogP contribution in [0.2, 0.25) is 0 Å². The summed E-state index contributed by atoms with van der Waals surface area (Å²) in [6.45, 7) is 1.64. The molecular weight excluding hydrogens is 311 g/mol. The Morgan fingerprint density at radius 1 is 1.24 bits per heavy atom. The molecule has 2 rings (SSSR count). The first-order chi connectivity index (χ1) is 9.81. The van der Waals surface area contributed by atoms with Crippen molar-refractivity contribution >= 4 is 32.9 Å². The summed E-state index contributed by atoms with van der Waals surface area (Å²) < 4.78 is 40.6. The van der Waals surface area contributed by atoms with Crippen LogP contribution in [-0.2, 0) is 10.0 Å². The fourth-order valence-electron chi connectivity index (χ4n) is 1.79. The summed E-state index contributed by atoms with van der Waals surface area (Å²) >= 11 is 4.84. The van der Waals surface area contributed by atoms with Crippen molar-refractivity contribution in [3.63, 3.8) is 0 Å². The predicted molar refractivity (Wildman–Crippen MR) is 84.3 cm³/mol. The van der Waals surface area contributed by atoms with Crippen LogP contribution in [0.1, 0.15) is 11.1 Å². The van der Waals surface area contributed by atoms with Gasteiger partial charge in [0, 0.05) is 5.56 Å². The summed E-state index contributed by atoms with van der Waals surface area (Å²) in [4.78, 5) is 0.105. The minimum Gasteiger partial charge on any atom is -0.389 e. The lowest BCUT2D eigenvalue weighted by Crippen LogP contribution is -2.17. The van der Waals surface area contributed by atoms with Gasteiger partial charge in [0.25, 0.3) is 10.0 Å². The quantitative estimate of drug-likeness (QED) is 0.848. The summed E-state index contributed by atoms with van der Waals surface area (Å²) in [5, 5.41) is 0. The molecule has 0 spiro atoms. The molecule has 0 fully saturated rings. The zero-order valence-corrected chi connectivity index (χ0v) is 12.8. The number of benzene rings is 2. The lowest BCUT2D eigenvalue weighted by Gasteiger charge is -2.12. The number of rotatable bonds is 4. The third kappa shape index (κ3) is 3.37. The lowest BCUT2D eigenvalue weighted by atomic mass is 10.1. The number of thiocarbonyl (C=S) groups is 1. The molecule has 0 aliphatic rings. The topological polar surface area (TPSA) is 72.2 Å². The number of nitrogens with one attached hydrogen (secondary N) is 1. The second kappa shape index (κ2) is 5.79. The van der Waals surface area contributed by atoms with E-state index in [2.05, 4.69) is 4.72 Å². The number of hydrogen-bond donors (Lipinski definition) is 2. The molecule has 0 saturated heterocycles. The van der Waals surface area contributed by atoms with Crippen molar-refractivity contribution in [1.29, 1.82) is 0 Å². The molecule has 0 aliphatic heterocycles. The number of para-hydroxylation sites is 1. The van der Waals surface area contributed by atoms with Gasteiger partial charge in [-0.2, -0.15) is 0 Å². The maximum Gasteiger partial charge on any atom is 0.262 e.